The fraction of sp³-hybridized carbons (Fsp3) is 0.333. The van der Waals surface area contributed by atoms with E-state index >= 15 is 0 Å². The van der Waals surface area contributed by atoms with Gasteiger partial charge in [0.1, 0.15) is 5.75 Å². The van der Waals surface area contributed by atoms with Crippen molar-refractivity contribution >= 4 is 7.82 Å². The molecule has 0 radical (unpaired) electrons. The van der Waals surface area contributed by atoms with Crippen molar-refractivity contribution in [1.82, 2.24) is 0 Å². The molecule has 1 unspecified atom stereocenters. The first kappa shape index (κ1) is 12.2. The van der Waals surface area contributed by atoms with Crippen LogP contribution in [0.15, 0.2) is 24.3 Å². The highest BCUT2D eigenvalue weighted by Gasteiger charge is 2.19. The summed E-state index contributed by atoms with van der Waals surface area (Å²) in [6.45, 7) is 1.68. The molecule has 5 nitrogen and oxygen atoms in total. The molecule has 1 rings (SSSR count). The standard InChI is InChI=1S/C9H13O5P/c1-2-13-15(11,12)14-7-8-3-5-9(10)6-4-8/h3-6,10H,2,7H2,1H3,(H,11,12). The first-order chi connectivity index (χ1) is 7.03. The Kier molecular flexibility index (Phi) is 4.29. The van der Waals surface area contributed by atoms with Crippen LogP contribution >= 0.6 is 7.82 Å². The van der Waals surface area contributed by atoms with E-state index < -0.39 is 7.82 Å². The maximum absolute atomic E-state index is 11.1. The summed E-state index contributed by atoms with van der Waals surface area (Å²) < 4.78 is 20.3. The second-order valence-electron chi connectivity index (χ2n) is 2.83. The molecular weight excluding hydrogens is 219 g/mol. The van der Waals surface area contributed by atoms with Gasteiger partial charge in [0, 0.05) is 0 Å². The van der Waals surface area contributed by atoms with Crippen molar-refractivity contribution in [3.8, 4) is 5.75 Å². The maximum Gasteiger partial charge on any atom is 0.472 e. The Morgan fingerprint density at radius 3 is 2.40 bits per heavy atom. The minimum Gasteiger partial charge on any atom is -0.508 e. The lowest BCUT2D eigenvalue weighted by molar-refractivity contribution is 0.149. The number of benzene rings is 1. The molecule has 15 heavy (non-hydrogen) atoms. The highest BCUT2D eigenvalue weighted by molar-refractivity contribution is 7.47. The fourth-order valence-corrected chi connectivity index (χ4v) is 1.66. The lowest BCUT2D eigenvalue weighted by atomic mass is 10.2. The van der Waals surface area contributed by atoms with Gasteiger partial charge in [-0.3, -0.25) is 9.05 Å². The van der Waals surface area contributed by atoms with Crippen LogP contribution < -0.4 is 0 Å². The van der Waals surface area contributed by atoms with E-state index in [1.54, 1.807) is 19.1 Å². The van der Waals surface area contributed by atoms with Crippen LogP contribution in [0.5, 0.6) is 5.75 Å². The molecule has 84 valence electrons. The van der Waals surface area contributed by atoms with Crippen LogP contribution in [0.2, 0.25) is 0 Å². The quantitative estimate of drug-likeness (QED) is 0.760. The molecule has 1 aromatic carbocycles. The maximum atomic E-state index is 11.1. The van der Waals surface area contributed by atoms with Gasteiger partial charge in [-0.25, -0.2) is 4.57 Å². The number of phosphoric ester groups is 1. The lowest BCUT2D eigenvalue weighted by Crippen LogP contribution is -1.95. The number of phosphoric acid groups is 1. The molecule has 0 spiro atoms. The van der Waals surface area contributed by atoms with E-state index in [4.69, 9.17) is 14.5 Å². The molecule has 0 aliphatic heterocycles. The molecule has 2 N–H and O–H groups in total. The van der Waals surface area contributed by atoms with E-state index in [1.165, 1.54) is 12.1 Å². The monoisotopic (exact) mass is 232 g/mol. The molecule has 0 amide bonds. The van der Waals surface area contributed by atoms with Crippen molar-refractivity contribution in [2.75, 3.05) is 6.61 Å². The van der Waals surface area contributed by atoms with Gasteiger partial charge in [0.2, 0.25) is 0 Å². The van der Waals surface area contributed by atoms with Crippen LogP contribution in [0.4, 0.5) is 0 Å². The largest absolute Gasteiger partial charge is 0.508 e. The van der Waals surface area contributed by atoms with Crippen molar-refractivity contribution in [3.05, 3.63) is 29.8 Å². The molecule has 0 aliphatic carbocycles. The van der Waals surface area contributed by atoms with Crippen molar-refractivity contribution in [2.24, 2.45) is 0 Å². The molecule has 0 bridgehead atoms. The molecule has 1 atom stereocenters. The van der Waals surface area contributed by atoms with Gasteiger partial charge in [0.15, 0.2) is 0 Å². The van der Waals surface area contributed by atoms with Gasteiger partial charge in [-0.2, -0.15) is 0 Å². The summed E-state index contributed by atoms with van der Waals surface area (Å²) in [7, 11) is -3.93. The Morgan fingerprint density at radius 1 is 1.27 bits per heavy atom. The van der Waals surface area contributed by atoms with E-state index in [9.17, 15) is 4.57 Å². The molecule has 0 saturated heterocycles. The fourth-order valence-electron chi connectivity index (χ4n) is 0.949. The molecule has 0 saturated carbocycles. The smallest absolute Gasteiger partial charge is 0.472 e. The number of phenolic OH excluding ortho intramolecular Hbond substituents is 1. The third-order valence-electron chi connectivity index (χ3n) is 1.62. The van der Waals surface area contributed by atoms with Crippen LogP contribution in [-0.4, -0.2) is 16.6 Å². The van der Waals surface area contributed by atoms with Crippen LogP contribution in [0, 0.1) is 0 Å². The SMILES string of the molecule is CCOP(=O)(O)OCc1ccc(O)cc1. The van der Waals surface area contributed by atoms with E-state index in [0.717, 1.165) is 0 Å². The number of rotatable bonds is 5. The topological polar surface area (TPSA) is 76.0 Å². The van der Waals surface area contributed by atoms with E-state index in [2.05, 4.69) is 4.52 Å². The first-order valence-electron chi connectivity index (χ1n) is 4.43. The predicted molar refractivity (Wildman–Crippen MR) is 54.3 cm³/mol. The van der Waals surface area contributed by atoms with Gasteiger partial charge in [0.05, 0.1) is 13.2 Å². The van der Waals surface area contributed by atoms with Crippen molar-refractivity contribution < 1.29 is 23.6 Å². The normalized spacial score (nSPS) is 14.8. The zero-order chi connectivity index (χ0) is 11.3. The lowest BCUT2D eigenvalue weighted by Gasteiger charge is -2.10. The highest BCUT2D eigenvalue weighted by Crippen LogP contribution is 2.43. The zero-order valence-electron chi connectivity index (χ0n) is 8.29. The van der Waals surface area contributed by atoms with E-state index in [0.29, 0.717) is 5.56 Å². The van der Waals surface area contributed by atoms with Crippen LogP contribution in [0.25, 0.3) is 0 Å². The van der Waals surface area contributed by atoms with Gasteiger partial charge >= 0.3 is 7.82 Å². The summed E-state index contributed by atoms with van der Waals surface area (Å²) in [5, 5.41) is 9.00. The number of hydrogen-bond acceptors (Lipinski definition) is 4. The Bertz CT molecular complexity index is 348. The van der Waals surface area contributed by atoms with Gasteiger partial charge < -0.3 is 10.00 Å². The minimum absolute atomic E-state index is 0.0337. The summed E-state index contributed by atoms with van der Waals surface area (Å²) in [4.78, 5) is 9.09. The van der Waals surface area contributed by atoms with Crippen LogP contribution in [0.1, 0.15) is 12.5 Å². The molecule has 1 aromatic rings. The van der Waals surface area contributed by atoms with E-state index in [1.807, 2.05) is 0 Å². The zero-order valence-corrected chi connectivity index (χ0v) is 9.18. The molecule has 0 heterocycles. The highest BCUT2D eigenvalue weighted by atomic mass is 31.2. The molecule has 6 heteroatoms. The van der Waals surface area contributed by atoms with Crippen molar-refractivity contribution in [2.45, 2.75) is 13.5 Å². The van der Waals surface area contributed by atoms with E-state index in [-0.39, 0.29) is 19.0 Å². The Morgan fingerprint density at radius 2 is 1.87 bits per heavy atom. The third-order valence-corrected chi connectivity index (χ3v) is 2.66. The van der Waals surface area contributed by atoms with Crippen molar-refractivity contribution in [3.63, 3.8) is 0 Å². The number of phenols is 1. The minimum atomic E-state index is -3.93. The summed E-state index contributed by atoms with van der Waals surface area (Å²) >= 11 is 0. The Balaban J connectivity index is 2.50. The average molecular weight is 232 g/mol. The molecule has 0 aliphatic rings. The number of hydrogen-bond donors (Lipinski definition) is 2. The number of aromatic hydroxyl groups is 1. The van der Waals surface area contributed by atoms with Gasteiger partial charge in [-0.1, -0.05) is 12.1 Å². The summed E-state index contributed by atoms with van der Waals surface area (Å²) in [5.41, 5.74) is 0.682. The summed E-state index contributed by atoms with van der Waals surface area (Å²) in [6, 6.07) is 6.14. The van der Waals surface area contributed by atoms with Gasteiger partial charge in [-0.05, 0) is 24.6 Å². The van der Waals surface area contributed by atoms with Crippen LogP contribution in [-0.2, 0) is 20.2 Å². The van der Waals surface area contributed by atoms with Crippen LogP contribution in [0.3, 0.4) is 0 Å². The Labute approximate surface area is 87.9 Å². The van der Waals surface area contributed by atoms with Gasteiger partial charge in [0.25, 0.3) is 0 Å². The third kappa shape index (κ3) is 4.44. The molecule has 0 aromatic heterocycles. The average Bonchev–Trinajstić information content (AvgIpc) is 2.17. The van der Waals surface area contributed by atoms with Crippen molar-refractivity contribution in [1.29, 1.82) is 0 Å². The second-order valence-corrected chi connectivity index (χ2v) is 4.28. The molecular formula is C9H13O5P. The first-order valence-corrected chi connectivity index (χ1v) is 5.93. The summed E-state index contributed by atoms with van der Waals surface area (Å²) in [6.07, 6.45) is 0. The van der Waals surface area contributed by atoms with Gasteiger partial charge in [-0.15, -0.1) is 0 Å². The molecule has 0 fully saturated rings. The summed E-state index contributed by atoms with van der Waals surface area (Å²) in [5.74, 6) is 0.135. The second kappa shape index (κ2) is 5.28. The Hall–Kier alpha value is -0.870. The predicted octanol–water partition coefficient (Wildman–Crippen LogP) is 2.05.